The highest BCUT2D eigenvalue weighted by Gasteiger charge is 2.20. The van der Waals surface area contributed by atoms with Gasteiger partial charge in [-0.2, -0.15) is 0 Å². The van der Waals surface area contributed by atoms with Crippen LogP contribution >= 0.6 is 7.14 Å². The van der Waals surface area contributed by atoms with Crippen molar-refractivity contribution >= 4 is 29.3 Å². The molecule has 1 atom stereocenters. The Morgan fingerprint density at radius 1 is 1.40 bits per heavy atom. The number of rotatable bonds is 5. The molecule has 0 bridgehead atoms. The van der Waals surface area contributed by atoms with Gasteiger partial charge in [-0.15, -0.1) is 0 Å². The van der Waals surface area contributed by atoms with Crippen LogP contribution in [0.15, 0.2) is 30.6 Å². The van der Waals surface area contributed by atoms with Crippen LogP contribution in [-0.2, 0) is 4.57 Å². The number of aliphatic hydroxyl groups is 1. The number of fused-ring (bicyclic) bond motifs is 1. The highest BCUT2D eigenvalue weighted by Crippen LogP contribution is 2.39. The van der Waals surface area contributed by atoms with Gasteiger partial charge in [0.15, 0.2) is 5.82 Å². The van der Waals surface area contributed by atoms with E-state index in [2.05, 4.69) is 20.3 Å². The Balaban J connectivity index is 2.14. The standard InChI is InChI=1S/C17H20FN4O2P/c1-10(9-23)21-17-20-8-13(18)15(22-17)12-7-19-16-11(12)5-4-6-14(16)25(2,3)24/h4-8,10,19,23H,9H2,1-3H3,(H,20,21,22). The molecule has 3 aromatic rings. The summed E-state index contributed by atoms with van der Waals surface area (Å²) in [7, 11) is -2.48. The highest BCUT2D eigenvalue weighted by molar-refractivity contribution is 7.70. The average molecular weight is 362 g/mol. The lowest BCUT2D eigenvalue weighted by molar-refractivity contribution is 0.281. The van der Waals surface area contributed by atoms with Gasteiger partial charge in [-0.1, -0.05) is 12.1 Å². The number of hydrogen-bond acceptors (Lipinski definition) is 5. The van der Waals surface area contributed by atoms with Gasteiger partial charge in [0.2, 0.25) is 5.95 Å². The number of H-pyrrole nitrogens is 1. The van der Waals surface area contributed by atoms with E-state index in [-0.39, 0.29) is 24.3 Å². The summed E-state index contributed by atoms with van der Waals surface area (Å²) in [5, 5.41) is 13.5. The monoisotopic (exact) mass is 362 g/mol. The van der Waals surface area contributed by atoms with Gasteiger partial charge in [-0.3, -0.25) is 0 Å². The summed E-state index contributed by atoms with van der Waals surface area (Å²) in [6.07, 6.45) is 2.76. The van der Waals surface area contributed by atoms with E-state index in [0.29, 0.717) is 5.56 Å². The van der Waals surface area contributed by atoms with Crippen LogP contribution in [0.4, 0.5) is 10.3 Å². The second-order valence-electron chi connectivity index (χ2n) is 6.37. The highest BCUT2D eigenvalue weighted by atomic mass is 31.2. The van der Waals surface area contributed by atoms with E-state index < -0.39 is 13.0 Å². The number of anilines is 1. The predicted molar refractivity (Wildman–Crippen MR) is 98.5 cm³/mol. The lowest BCUT2D eigenvalue weighted by Crippen LogP contribution is -2.21. The van der Waals surface area contributed by atoms with E-state index in [1.54, 1.807) is 32.5 Å². The molecule has 6 nitrogen and oxygen atoms in total. The van der Waals surface area contributed by atoms with Gasteiger partial charge in [-0.25, -0.2) is 14.4 Å². The Morgan fingerprint density at radius 2 is 2.16 bits per heavy atom. The molecule has 132 valence electrons. The third kappa shape index (κ3) is 3.43. The number of nitrogens with zero attached hydrogens (tertiary/aromatic N) is 2. The molecule has 2 aromatic heterocycles. The lowest BCUT2D eigenvalue weighted by atomic mass is 10.1. The van der Waals surface area contributed by atoms with Crippen molar-refractivity contribution in [2.24, 2.45) is 0 Å². The van der Waals surface area contributed by atoms with Gasteiger partial charge in [0, 0.05) is 28.5 Å². The minimum absolute atomic E-state index is 0.0885. The first kappa shape index (κ1) is 17.6. The third-order valence-electron chi connectivity index (χ3n) is 3.92. The van der Waals surface area contributed by atoms with Crippen molar-refractivity contribution in [2.45, 2.75) is 13.0 Å². The Bertz CT molecular complexity index is 966. The zero-order valence-corrected chi connectivity index (χ0v) is 15.1. The number of hydrogen-bond donors (Lipinski definition) is 3. The molecule has 0 saturated heterocycles. The summed E-state index contributed by atoms with van der Waals surface area (Å²) < 4.78 is 26.8. The zero-order valence-electron chi connectivity index (χ0n) is 14.2. The molecule has 0 aliphatic carbocycles. The van der Waals surface area contributed by atoms with Crippen LogP contribution < -0.4 is 10.6 Å². The Morgan fingerprint density at radius 3 is 2.84 bits per heavy atom. The Hall–Kier alpha value is -2.24. The van der Waals surface area contributed by atoms with Crippen molar-refractivity contribution in [1.29, 1.82) is 0 Å². The molecule has 0 spiro atoms. The molecule has 3 N–H and O–H groups in total. The predicted octanol–water partition coefficient (Wildman–Crippen LogP) is 2.80. The van der Waals surface area contributed by atoms with E-state index in [9.17, 15) is 8.96 Å². The molecular weight excluding hydrogens is 342 g/mol. The maximum absolute atomic E-state index is 14.3. The maximum atomic E-state index is 14.3. The first-order chi connectivity index (χ1) is 11.8. The quantitative estimate of drug-likeness (QED) is 0.607. The molecule has 1 aromatic carbocycles. The lowest BCUT2D eigenvalue weighted by Gasteiger charge is -2.12. The summed E-state index contributed by atoms with van der Waals surface area (Å²) >= 11 is 0. The molecule has 0 fully saturated rings. The van der Waals surface area contributed by atoms with Gasteiger partial charge in [0.05, 0.1) is 18.3 Å². The van der Waals surface area contributed by atoms with Crippen LogP contribution in [-0.4, -0.2) is 46.0 Å². The largest absolute Gasteiger partial charge is 0.394 e. The van der Waals surface area contributed by atoms with Crippen molar-refractivity contribution in [3.8, 4) is 11.3 Å². The summed E-state index contributed by atoms with van der Waals surface area (Å²) in [6.45, 7) is 5.08. The van der Waals surface area contributed by atoms with Crippen molar-refractivity contribution < 1.29 is 14.1 Å². The SMILES string of the molecule is CC(CO)Nc1ncc(F)c(-c2c[nH]c3c(P(C)(C)=O)cccc23)n1. The average Bonchev–Trinajstić information content (AvgIpc) is 2.99. The van der Waals surface area contributed by atoms with Crippen LogP contribution in [0.5, 0.6) is 0 Å². The fraction of sp³-hybridized carbons (Fsp3) is 0.294. The van der Waals surface area contributed by atoms with Gasteiger partial charge in [0.25, 0.3) is 0 Å². The van der Waals surface area contributed by atoms with E-state index in [0.717, 1.165) is 22.4 Å². The normalized spacial score (nSPS) is 13.2. The molecule has 1 unspecified atom stereocenters. The Labute approximate surface area is 144 Å². The van der Waals surface area contributed by atoms with E-state index in [1.165, 1.54) is 0 Å². The second kappa shape index (κ2) is 6.58. The third-order valence-corrected chi connectivity index (χ3v) is 5.46. The molecule has 25 heavy (non-hydrogen) atoms. The van der Waals surface area contributed by atoms with Gasteiger partial charge in [-0.05, 0) is 26.3 Å². The summed E-state index contributed by atoms with van der Waals surface area (Å²) in [5.41, 5.74) is 1.44. The first-order valence-electron chi connectivity index (χ1n) is 7.87. The first-order valence-corrected chi connectivity index (χ1v) is 10.5. The van der Waals surface area contributed by atoms with Crippen LogP contribution in [0.1, 0.15) is 6.92 Å². The number of nitrogens with one attached hydrogen (secondary N) is 2. The van der Waals surface area contributed by atoms with Crippen molar-refractivity contribution in [2.75, 3.05) is 25.3 Å². The van der Waals surface area contributed by atoms with Crippen molar-refractivity contribution in [1.82, 2.24) is 15.0 Å². The zero-order chi connectivity index (χ0) is 18.2. The van der Waals surface area contributed by atoms with Crippen LogP contribution in [0.25, 0.3) is 22.2 Å². The summed E-state index contributed by atoms with van der Waals surface area (Å²) in [4.78, 5) is 11.3. The Kier molecular flexibility index (Phi) is 4.62. The number of aromatic amines is 1. The molecule has 0 aliphatic rings. The second-order valence-corrected chi connectivity index (χ2v) is 9.55. The molecule has 2 heterocycles. The molecule has 3 rings (SSSR count). The van der Waals surface area contributed by atoms with Crippen LogP contribution in [0.3, 0.4) is 0 Å². The number of aromatic nitrogens is 3. The van der Waals surface area contributed by atoms with Crippen molar-refractivity contribution in [3.63, 3.8) is 0 Å². The van der Waals surface area contributed by atoms with Gasteiger partial charge >= 0.3 is 0 Å². The number of benzene rings is 1. The fourth-order valence-corrected chi connectivity index (χ4v) is 3.84. The smallest absolute Gasteiger partial charge is 0.223 e. The minimum atomic E-state index is -2.48. The van der Waals surface area contributed by atoms with E-state index in [4.69, 9.17) is 5.11 Å². The number of halogens is 1. The minimum Gasteiger partial charge on any atom is -0.394 e. The van der Waals surface area contributed by atoms with Gasteiger partial charge < -0.3 is 20.0 Å². The van der Waals surface area contributed by atoms with Crippen molar-refractivity contribution in [3.05, 3.63) is 36.4 Å². The molecular formula is C17H20FN4O2P. The molecule has 0 amide bonds. The topological polar surface area (TPSA) is 90.9 Å². The van der Waals surface area contributed by atoms with E-state index >= 15 is 0 Å². The van der Waals surface area contributed by atoms with Gasteiger partial charge in [0.1, 0.15) is 12.8 Å². The van der Waals surface area contributed by atoms with Crippen LogP contribution in [0, 0.1) is 5.82 Å². The maximum Gasteiger partial charge on any atom is 0.223 e. The molecule has 0 radical (unpaired) electrons. The summed E-state index contributed by atoms with van der Waals surface area (Å²) in [6, 6.07) is 5.21. The fourth-order valence-electron chi connectivity index (χ4n) is 2.67. The van der Waals surface area contributed by atoms with Crippen LogP contribution in [0.2, 0.25) is 0 Å². The number of aliphatic hydroxyl groups excluding tert-OH is 1. The van der Waals surface area contributed by atoms with E-state index in [1.807, 2.05) is 12.1 Å². The molecule has 0 aliphatic heterocycles. The molecule has 8 heteroatoms. The number of para-hydroxylation sites is 1. The summed E-state index contributed by atoms with van der Waals surface area (Å²) in [5.74, 6) is -0.315. The molecule has 0 saturated carbocycles.